The average Bonchev–Trinajstić information content (AvgIpc) is 1.08. The first-order valence-corrected chi connectivity index (χ1v) is 29.4. The first kappa shape index (κ1) is 61.9. The Morgan fingerprint density at radius 2 is 0.917 bits per heavy atom. The van der Waals surface area contributed by atoms with E-state index in [-0.39, 0.29) is 12.4 Å². The van der Waals surface area contributed by atoms with Crippen LogP contribution in [0.1, 0.15) is 149 Å². The highest BCUT2D eigenvalue weighted by atomic mass is 16.6. The van der Waals surface area contributed by atoms with E-state index in [0.717, 1.165) is 128 Å². The number of ether oxygens (including phenoxy) is 4. The van der Waals surface area contributed by atoms with Crippen LogP contribution in [-0.2, 0) is 30.2 Å². The molecule has 0 aliphatic rings. The maximum Gasteiger partial charge on any atom is 0.414 e. The van der Waals surface area contributed by atoms with Crippen molar-refractivity contribution in [1.82, 2.24) is 9.97 Å². The Bertz CT molecular complexity index is 3700. The minimum atomic E-state index is -0.738. The van der Waals surface area contributed by atoms with Crippen LogP contribution in [0.3, 0.4) is 0 Å². The van der Waals surface area contributed by atoms with Crippen LogP contribution >= 0.6 is 0 Å². The summed E-state index contributed by atoms with van der Waals surface area (Å²) in [6.07, 6.45) is 3.67. The van der Waals surface area contributed by atoms with E-state index in [4.69, 9.17) is 28.9 Å². The molecule has 1 N–H and O–H groups in total. The van der Waals surface area contributed by atoms with Gasteiger partial charge in [0.1, 0.15) is 44.5 Å². The summed E-state index contributed by atoms with van der Waals surface area (Å²) in [7, 11) is 0. The lowest BCUT2D eigenvalue weighted by atomic mass is 10.0. The molecular weight excluding hydrogens is 1050 g/mol. The molecule has 8 rings (SSSR count). The lowest BCUT2D eigenvalue weighted by Crippen LogP contribution is -2.39. The highest BCUT2D eigenvalue weighted by Gasteiger charge is 2.32. The number of hydrogen-bond donors (Lipinski definition) is 1. The van der Waals surface area contributed by atoms with Gasteiger partial charge in [0.25, 0.3) is 0 Å². The van der Waals surface area contributed by atoms with E-state index in [1.165, 1.54) is 0 Å². The summed E-state index contributed by atoms with van der Waals surface area (Å²) in [4.78, 5) is 68.7. The van der Waals surface area contributed by atoms with Gasteiger partial charge in [-0.3, -0.25) is 19.9 Å². The van der Waals surface area contributed by atoms with Crippen molar-refractivity contribution in [2.75, 3.05) is 28.2 Å². The number of carbonyl (C=O) groups is 4. The van der Waals surface area contributed by atoms with Gasteiger partial charge in [-0.05, 0) is 176 Å². The third-order valence-corrected chi connectivity index (χ3v) is 14.1. The normalized spacial score (nSPS) is 12.2. The van der Waals surface area contributed by atoms with Gasteiger partial charge in [-0.25, -0.2) is 24.4 Å². The van der Waals surface area contributed by atoms with Gasteiger partial charge in [0.2, 0.25) is 33.4 Å². The Morgan fingerprint density at radius 3 is 1.45 bits per heavy atom. The largest absolute Gasteiger partial charge is 0.460 e. The SMILES string of the molecule is Cc1cc2nc3cc(C)c(N(CCCCCCCCN(C(=O)OC(C)(C)C)c4ccc5nc6cc(C)c(NC(=O)OC(C)(C)C)cc6[n+](-c6ccccc6)c5c4C)C(=O)OC(C)(C)C)cc3[n+](-c3ccccc3)c2cc1CC(=O)OC(C)(C)C. The van der Waals surface area contributed by atoms with Crippen molar-refractivity contribution in [2.24, 2.45) is 0 Å². The smallest absolute Gasteiger partial charge is 0.414 e. The van der Waals surface area contributed by atoms with Crippen molar-refractivity contribution in [1.29, 1.82) is 0 Å². The summed E-state index contributed by atoms with van der Waals surface area (Å²) in [5.41, 5.74) is 11.6. The quantitative estimate of drug-likeness (QED) is 0.0325. The molecule has 2 heterocycles. The molecule has 0 saturated carbocycles. The topological polar surface area (TPSA) is 157 Å². The van der Waals surface area contributed by atoms with E-state index >= 15 is 0 Å². The third-order valence-electron chi connectivity index (χ3n) is 14.1. The zero-order valence-electron chi connectivity index (χ0n) is 52.2. The fourth-order valence-corrected chi connectivity index (χ4v) is 10.5. The number of aromatic nitrogens is 4. The molecule has 6 aromatic carbocycles. The van der Waals surface area contributed by atoms with Gasteiger partial charge in [-0.2, -0.15) is 0 Å². The predicted molar refractivity (Wildman–Crippen MR) is 335 cm³/mol. The van der Waals surface area contributed by atoms with E-state index < -0.39 is 40.7 Å². The molecular formula is C69H85N7O8+2. The Kier molecular flexibility index (Phi) is 18.4. The fraction of sp³-hybridized carbons (Fsp3) is 0.420. The van der Waals surface area contributed by atoms with E-state index in [1.54, 1.807) is 9.80 Å². The molecule has 84 heavy (non-hydrogen) atoms. The number of anilines is 3. The van der Waals surface area contributed by atoms with Crippen LogP contribution in [0.25, 0.3) is 55.5 Å². The number of para-hydroxylation sites is 2. The lowest BCUT2D eigenvalue weighted by molar-refractivity contribution is -0.538. The van der Waals surface area contributed by atoms with Gasteiger partial charge in [-0.1, -0.05) is 62.1 Å². The Labute approximate surface area is 495 Å². The molecule has 15 nitrogen and oxygen atoms in total. The van der Waals surface area contributed by atoms with Crippen LogP contribution in [0.4, 0.5) is 31.4 Å². The second-order valence-electron chi connectivity index (χ2n) is 26.0. The highest BCUT2D eigenvalue weighted by molar-refractivity contribution is 5.97. The van der Waals surface area contributed by atoms with Gasteiger partial charge in [-0.15, -0.1) is 9.13 Å². The zero-order valence-corrected chi connectivity index (χ0v) is 52.2. The number of fused-ring (bicyclic) bond motifs is 4. The molecule has 0 aliphatic heterocycles. The molecule has 2 aromatic heterocycles. The van der Waals surface area contributed by atoms with Crippen LogP contribution in [0.5, 0.6) is 0 Å². The number of carbonyl (C=O) groups excluding carboxylic acids is 4. The van der Waals surface area contributed by atoms with Gasteiger partial charge < -0.3 is 18.9 Å². The fourth-order valence-electron chi connectivity index (χ4n) is 10.5. The Balaban J connectivity index is 1.03. The van der Waals surface area contributed by atoms with E-state index in [0.29, 0.717) is 24.5 Å². The molecule has 0 spiro atoms. The molecule has 15 heteroatoms. The third kappa shape index (κ3) is 15.3. The maximum absolute atomic E-state index is 14.3. The van der Waals surface area contributed by atoms with Crippen molar-refractivity contribution >= 4 is 85.4 Å². The number of unbranched alkanes of at least 4 members (excludes halogenated alkanes) is 5. The van der Waals surface area contributed by atoms with Crippen LogP contribution in [0.15, 0.2) is 109 Å². The molecule has 0 saturated heterocycles. The molecule has 442 valence electrons. The van der Waals surface area contributed by atoms with Crippen molar-refractivity contribution in [3.05, 3.63) is 137 Å². The Hall–Kier alpha value is -8.20. The molecule has 0 aliphatic carbocycles. The highest BCUT2D eigenvalue weighted by Crippen LogP contribution is 2.34. The van der Waals surface area contributed by atoms with Crippen LogP contribution in [-0.4, -0.2) is 69.7 Å². The van der Waals surface area contributed by atoms with Gasteiger partial charge >= 0.3 is 24.2 Å². The van der Waals surface area contributed by atoms with E-state index in [2.05, 4.69) is 14.5 Å². The van der Waals surface area contributed by atoms with E-state index in [9.17, 15) is 19.2 Å². The number of aryl methyl sites for hydroxylation is 4. The predicted octanol–water partition coefficient (Wildman–Crippen LogP) is 15.6. The molecule has 0 bridgehead atoms. The average molecular weight is 1140 g/mol. The number of nitrogens with one attached hydrogen (secondary N) is 1. The summed E-state index contributed by atoms with van der Waals surface area (Å²) in [5.74, 6) is -0.304. The number of amides is 3. The minimum absolute atomic E-state index is 0.111. The van der Waals surface area contributed by atoms with Crippen molar-refractivity contribution in [3.8, 4) is 11.4 Å². The first-order chi connectivity index (χ1) is 39.4. The monoisotopic (exact) mass is 1140 g/mol. The number of benzene rings is 6. The maximum atomic E-state index is 14.3. The second-order valence-corrected chi connectivity index (χ2v) is 26.0. The molecule has 0 atom stereocenters. The van der Waals surface area contributed by atoms with Crippen molar-refractivity contribution in [3.63, 3.8) is 0 Å². The Morgan fingerprint density at radius 1 is 0.464 bits per heavy atom. The summed E-state index contributed by atoms with van der Waals surface area (Å²) in [6.45, 7) is 31.1. The van der Waals surface area contributed by atoms with Crippen LogP contribution < -0.4 is 24.3 Å². The van der Waals surface area contributed by atoms with Gasteiger partial charge in [0.15, 0.2) is 0 Å². The summed E-state index contributed by atoms with van der Waals surface area (Å²) >= 11 is 0. The van der Waals surface area contributed by atoms with Gasteiger partial charge in [0.05, 0.1) is 23.5 Å². The molecule has 8 aromatic rings. The summed E-state index contributed by atoms with van der Waals surface area (Å²) < 4.78 is 27.8. The molecule has 0 radical (unpaired) electrons. The first-order valence-electron chi connectivity index (χ1n) is 29.4. The molecule has 3 amide bonds. The standard InChI is InChI=1S/C69H84N7O8/c1-44-37-53-58(40-48(44)41-61(77)81-66(5,6)7)75(49-29-23-21-24-30-49)60-43-57(46(3)39-55(60)71-53)74(65(80)84-69(14,15)16)36-28-20-18-17-19-27-35-73(64(79)83-68(11,12)13)56-34-33-51-62(47(56)4)76(50-31-25-22-26-32-50)59-42-52(45(2)38-54(59)70-51)72-63(78)82-67(8,9)10/h21-26,29-34,37-40,42-43H,17-20,27-28,35-36,41H2,1-16H3/q+1/p+1. The lowest BCUT2D eigenvalue weighted by Gasteiger charge is -2.29. The number of esters is 1. The summed E-state index contributed by atoms with van der Waals surface area (Å²) in [6, 6.07) is 36.0. The second kappa shape index (κ2) is 24.9. The van der Waals surface area contributed by atoms with Gasteiger partial charge in [0, 0.05) is 61.1 Å². The zero-order chi connectivity index (χ0) is 61.1. The number of nitrogens with zero attached hydrogens (tertiary/aromatic N) is 6. The van der Waals surface area contributed by atoms with Crippen molar-refractivity contribution in [2.45, 2.75) is 178 Å². The number of rotatable bonds is 16. The number of hydrogen-bond acceptors (Lipinski definition) is 10. The minimum Gasteiger partial charge on any atom is -0.460 e. The molecule has 0 fully saturated rings. The van der Waals surface area contributed by atoms with Crippen LogP contribution in [0, 0.1) is 27.7 Å². The van der Waals surface area contributed by atoms with Crippen molar-refractivity contribution < 1.29 is 47.3 Å². The molecule has 0 unspecified atom stereocenters. The van der Waals surface area contributed by atoms with Crippen LogP contribution in [0.2, 0.25) is 0 Å². The van der Waals surface area contributed by atoms with E-state index in [1.807, 2.05) is 220 Å². The summed E-state index contributed by atoms with van der Waals surface area (Å²) in [5, 5.41) is 2.96.